The van der Waals surface area contributed by atoms with Crippen molar-refractivity contribution in [3.8, 4) is 11.5 Å². The Balaban J connectivity index is 1.62. The summed E-state index contributed by atoms with van der Waals surface area (Å²) in [5, 5.41) is 9.05. The first-order chi connectivity index (χ1) is 22.0. The average molecular weight is 697 g/mol. The lowest BCUT2D eigenvalue weighted by Gasteiger charge is -2.31. The fraction of sp³-hybridized carbons (Fsp3) is 0.400. The maximum Gasteiger partial charge on any atom is 0.306 e. The van der Waals surface area contributed by atoms with Crippen molar-refractivity contribution in [1.82, 2.24) is 10.9 Å². The number of benzene rings is 3. The molecule has 3 aromatic carbocycles. The van der Waals surface area contributed by atoms with Gasteiger partial charge in [-0.1, -0.05) is 40.2 Å². The fourth-order valence-corrected chi connectivity index (χ4v) is 5.21. The highest BCUT2D eigenvalue weighted by molar-refractivity contribution is 9.10. The van der Waals surface area contributed by atoms with Crippen LogP contribution in [0.4, 0.5) is 0 Å². The van der Waals surface area contributed by atoms with Crippen molar-refractivity contribution in [2.24, 2.45) is 4.99 Å². The first-order valence-corrected chi connectivity index (χ1v) is 16.1. The van der Waals surface area contributed by atoms with Crippen LogP contribution in [0.3, 0.4) is 0 Å². The van der Waals surface area contributed by atoms with Gasteiger partial charge in [0, 0.05) is 36.0 Å². The third-order valence-electron chi connectivity index (χ3n) is 7.23. The number of methoxy groups -OCH3 is 1. The van der Waals surface area contributed by atoms with Crippen molar-refractivity contribution < 1.29 is 33.6 Å². The van der Waals surface area contributed by atoms with Crippen molar-refractivity contribution >= 4 is 33.7 Å². The molecule has 1 heterocycles. The first-order valence-electron chi connectivity index (χ1n) is 15.3. The topological polar surface area (TPSA) is 128 Å². The number of aliphatic imine (C=N–C) groups is 1. The Morgan fingerprint density at radius 3 is 2.30 bits per heavy atom. The fourth-order valence-electron chi connectivity index (χ4n) is 4.94. The summed E-state index contributed by atoms with van der Waals surface area (Å²) < 4.78 is 23.9. The Kier molecular flexibility index (Phi) is 12.2. The van der Waals surface area contributed by atoms with Crippen molar-refractivity contribution in [1.29, 1.82) is 0 Å². The summed E-state index contributed by atoms with van der Waals surface area (Å²) in [4.78, 5) is 32.1. The molecule has 3 aromatic rings. The molecule has 0 aromatic heterocycles. The van der Waals surface area contributed by atoms with Crippen LogP contribution in [0.15, 0.2) is 82.3 Å². The number of carbonyl (C=O) groups excluding carboxylic acids is 2. The largest absolute Gasteiger partial charge is 0.497 e. The van der Waals surface area contributed by atoms with E-state index in [9.17, 15) is 9.59 Å². The summed E-state index contributed by atoms with van der Waals surface area (Å²) >= 11 is 3.48. The number of nitrogens with one attached hydrogen (secondary N) is 2. The van der Waals surface area contributed by atoms with Gasteiger partial charge in [0.25, 0.3) is 5.91 Å². The van der Waals surface area contributed by atoms with Crippen molar-refractivity contribution in [3.63, 3.8) is 0 Å². The van der Waals surface area contributed by atoms with Gasteiger partial charge in [-0.2, -0.15) is 0 Å². The quantitative estimate of drug-likeness (QED) is 0.109. The minimum atomic E-state index is -1.50. The van der Waals surface area contributed by atoms with Gasteiger partial charge in [-0.05, 0) is 93.3 Å². The standard InChI is InChI=1S/C35H42BrN3O7/c1-34(2,3)46-30(41)18-20-35(33(42)39-37-21-19-24-6-14-28(43-4)15-7-24)31(25-8-12-27(36)13-9-25)45-32(38-35)26-10-16-29(17-11-26)44-23-5-22-40/h6-17,31,37,40H,5,18-23H2,1-4H3,(H,39,42)/t31-,35-/m0/s1. The minimum Gasteiger partial charge on any atom is -0.497 e. The zero-order chi connectivity index (χ0) is 33.2. The zero-order valence-corrected chi connectivity index (χ0v) is 28.3. The minimum absolute atomic E-state index is 0.0422. The number of ether oxygens (including phenoxy) is 4. The van der Waals surface area contributed by atoms with E-state index in [2.05, 4.69) is 26.8 Å². The molecule has 4 rings (SSSR count). The molecule has 0 aliphatic carbocycles. The van der Waals surface area contributed by atoms with E-state index in [1.807, 2.05) is 48.5 Å². The van der Waals surface area contributed by atoms with Crippen LogP contribution in [-0.4, -0.2) is 60.9 Å². The number of hydrogen-bond acceptors (Lipinski definition) is 9. The van der Waals surface area contributed by atoms with Crippen LogP contribution in [0, 0.1) is 0 Å². The van der Waals surface area contributed by atoms with Gasteiger partial charge in [0.1, 0.15) is 17.1 Å². The van der Waals surface area contributed by atoms with Gasteiger partial charge in [-0.15, -0.1) is 0 Å². The molecule has 10 nitrogen and oxygen atoms in total. The van der Waals surface area contributed by atoms with Crippen LogP contribution in [-0.2, 0) is 25.5 Å². The number of halogens is 1. The molecule has 0 fully saturated rings. The molecule has 0 unspecified atom stereocenters. The molecule has 0 spiro atoms. The molecule has 0 saturated carbocycles. The van der Waals surface area contributed by atoms with E-state index in [-0.39, 0.29) is 25.3 Å². The highest BCUT2D eigenvalue weighted by atomic mass is 79.9. The Labute approximate surface area is 278 Å². The van der Waals surface area contributed by atoms with E-state index in [0.29, 0.717) is 37.3 Å². The van der Waals surface area contributed by atoms with Crippen LogP contribution in [0.5, 0.6) is 11.5 Å². The summed E-state index contributed by atoms with van der Waals surface area (Å²) in [5.74, 6) is 0.810. The molecule has 246 valence electrons. The van der Waals surface area contributed by atoms with Gasteiger partial charge in [0.05, 0.1) is 13.7 Å². The number of amides is 1. The average Bonchev–Trinajstić information content (AvgIpc) is 3.43. The van der Waals surface area contributed by atoms with Crippen molar-refractivity contribution in [2.75, 3.05) is 26.9 Å². The molecule has 11 heteroatoms. The Morgan fingerprint density at radius 1 is 1.00 bits per heavy atom. The van der Waals surface area contributed by atoms with Crippen LogP contribution in [0.25, 0.3) is 0 Å². The van der Waals surface area contributed by atoms with Crippen molar-refractivity contribution in [2.45, 2.75) is 63.7 Å². The third-order valence-corrected chi connectivity index (χ3v) is 7.76. The lowest BCUT2D eigenvalue weighted by atomic mass is 9.83. The number of hydrazine groups is 1. The SMILES string of the molecule is COc1ccc(CCNNC(=O)[C@@]2(CCC(=O)OC(C)(C)C)N=C(c3ccc(OCCCO)cc3)O[C@H]2c2ccc(Br)cc2)cc1. The summed E-state index contributed by atoms with van der Waals surface area (Å²) in [5.41, 5.74) is 6.16. The molecule has 46 heavy (non-hydrogen) atoms. The smallest absolute Gasteiger partial charge is 0.306 e. The van der Waals surface area contributed by atoms with E-state index in [0.717, 1.165) is 21.3 Å². The number of carbonyl (C=O) groups is 2. The van der Waals surface area contributed by atoms with E-state index in [4.69, 9.17) is 29.0 Å². The molecule has 1 aliphatic rings. The predicted octanol–water partition coefficient (Wildman–Crippen LogP) is 5.46. The Morgan fingerprint density at radius 2 is 1.67 bits per heavy atom. The molecule has 0 bridgehead atoms. The number of esters is 1. The van der Waals surface area contributed by atoms with E-state index in [1.54, 1.807) is 52.1 Å². The monoisotopic (exact) mass is 695 g/mol. The second-order valence-electron chi connectivity index (χ2n) is 11.9. The normalized spacial score (nSPS) is 17.5. The van der Waals surface area contributed by atoms with Gasteiger partial charge < -0.3 is 24.1 Å². The van der Waals surface area contributed by atoms with Crippen LogP contribution in [0.2, 0.25) is 0 Å². The lowest BCUT2D eigenvalue weighted by molar-refractivity contribution is -0.155. The lowest BCUT2D eigenvalue weighted by Crippen LogP contribution is -2.53. The molecule has 0 saturated heterocycles. The summed E-state index contributed by atoms with van der Waals surface area (Å²) in [6, 6.07) is 22.4. The number of hydrogen-bond donors (Lipinski definition) is 3. The van der Waals surface area contributed by atoms with E-state index < -0.39 is 29.1 Å². The molecule has 1 amide bonds. The summed E-state index contributed by atoms with van der Waals surface area (Å²) in [7, 11) is 1.62. The van der Waals surface area contributed by atoms with Crippen LogP contribution >= 0.6 is 15.9 Å². The highest BCUT2D eigenvalue weighted by Gasteiger charge is 2.53. The van der Waals surface area contributed by atoms with Crippen molar-refractivity contribution in [3.05, 3.63) is 94.0 Å². The summed E-state index contributed by atoms with van der Waals surface area (Å²) in [6.07, 6.45) is 0.336. The van der Waals surface area contributed by atoms with Crippen LogP contribution < -0.4 is 20.3 Å². The number of aliphatic hydroxyl groups is 1. The van der Waals surface area contributed by atoms with Gasteiger partial charge in [0.15, 0.2) is 11.6 Å². The third kappa shape index (κ3) is 9.54. The molecule has 0 radical (unpaired) electrons. The maximum atomic E-state index is 14.2. The van der Waals surface area contributed by atoms with Gasteiger partial charge in [-0.25, -0.2) is 10.4 Å². The first kappa shape index (κ1) is 34.9. The van der Waals surface area contributed by atoms with Gasteiger partial charge in [0.2, 0.25) is 5.90 Å². The second-order valence-corrected chi connectivity index (χ2v) is 12.8. The molecular weight excluding hydrogens is 654 g/mol. The maximum absolute atomic E-state index is 14.2. The van der Waals surface area contributed by atoms with Crippen LogP contribution in [0.1, 0.15) is 62.8 Å². The zero-order valence-electron chi connectivity index (χ0n) is 26.7. The van der Waals surface area contributed by atoms with Gasteiger partial charge >= 0.3 is 5.97 Å². The highest BCUT2D eigenvalue weighted by Crippen LogP contribution is 2.43. The predicted molar refractivity (Wildman–Crippen MR) is 179 cm³/mol. The van der Waals surface area contributed by atoms with E-state index in [1.165, 1.54) is 0 Å². The second kappa shape index (κ2) is 16.1. The Hall–Kier alpha value is -3.93. The molecule has 3 N–H and O–H groups in total. The van der Waals surface area contributed by atoms with E-state index >= 15 is 0 Å². The molecule has 1 aliphatic heterocycles. The van der Waals surface area contributed by atoms with Gasteiger partial charge in [-0.3, -0.25) is 15.0 Å². The summed E-state index contributed by atoms with van der Waals surface area (Å²) in [6.45, 7) is 6.30. The number of rotatable bonds is 15. The number of nitrogens with zero attached hydrogens (tertiary/aromatic N) is 1. The number of aliphatic hydroxyl groups excluding tert-OH is 1. The Bertz CT molecular complexity index is 1470. The molecule has 2 atom stereocenters. The molecular formula is C35H42BrN3O7.